The predicted octanol–water partition coefficient (Wildman–Crippen LogP) is 1.37. The summed E-state index contributed by atoms with van der Waals surface area (Å²) >= 11 is 4.32. The molecule has 0 spiro atoms. The van der Waals surface area contributed by atoms with E-state index in [0.717, 1.165) is 6.42 Å². The summed E-state index contributed by atoms with van der Waals surface area (Å²) in [5.74, 6) is -2.24. The van der Waals surface area contributed by atoms with Gasteiger partial charge in [-0.2, -0.15) is 12.6 Å². The van der Waals surface area contributed by atoms with E-state index in [2.05, 4.69) is 23.3 Å². The Bertz CT molecular complexity index is 697. The first kappa shape index (κ1) is 24.8. The first-order valence-corrected chi connectivity index (χ1v) is 9.94. The summed E-state index contributed by atoms with van der Waals surface area (Å²) in [7, 11) is 1.40. The number of ether oxygens (including phenoxy) is 1. The molecule has 5 atom stereocenters. The maximum Gasteiger partial charge on any atom is 0.326 e. The van der Waals surface area contributed by atoms with Gasteiger partial charge in [0, 0.05) is 13.5 Å². The topological polar surface area (TPSA) is 125 Å². The van der Waals surface area contributed by atoms with Crippen molar-refractivity contribution < 1.29 is 29.3 Å². The van der Waals surface area contributed by atoms with Gasteiger partial charge in [0.05, 0.1) is 11.4 Å². The van der Waals surface area contributed by atoms with Crippen LogP contribution in [0.25, 0.3) is 0 Å². The molecule has 8 nitrogen and oxygen atoms in total. The van der Waals surface area contributed by atoms with Crippen LogP contribution in [0.3, 0.4) is 0 Å². The Balaban J connectivity index is 2.91. The standard InChI is InChI=1S/C20H30N2O6S/c1-5-11(2)17(29)19(25)22-16(12(3)28-4)18(24)21-15(20(26)27)10-13-6-8-14(23)9-7-13/h6-9,11-12,15-17,23,29H,5,10H2,1-4H3,(H,21,24)(H,22,25)(H,26,27)/t11?,12?,15-,16?,17?/m0/s1. The number of carbonyl (C=O) groups is 3. The minimum Gasteiger partial charge on any atom is -0.508 e. The van der Waals surface area contributed by atoms with Crippen molar-refractivity contribution in [2.45, 2.75) is 57.1 Å². The number of nitrogens with one attached hydrogen (secondary N) is 2. The van der Waals surface area contributed by atoms with Crippen molar-refractivity contribution in [1.29, 1.82) is 0 Å². The van der Waals surface area contributed by atoms with Gasteiger partial charge in [-0.15, -0.1) is 0 Å². The molecule has 0 bridgehead atoms. The monoisotopic (exact) mass is 426 g/mol. The van der Waals surface area contributed by atoms with Crippen LogP contribution in [-0.4, -0.2) is 58.5 Å². The van der Waals surface area contributed by atoms with Crippen molar-refractivity contribution in [3.63, 3.8) is 0 Å². The number of benzene rings is 1. The number of carbonyl (C=O) groups excluding carboxylic acids is 2. The third-order valence-corrected chi connectivity index (χ3v) is 5.61. The molecule has 0 heterocycles. The van der Waals surface area contributed by atoms with E-state index in [1.165, 1.54) is 19.2 Å². The SMILES string of the molecule is CCC(C)C(S)C(=O)NC(C(=O)N[C@@H](Cc1ccc(O)cc1)C(=O)O)C(C)OC. The second kappa shape index (κ2) is 11.7. The number of phenols is 1. The summed E-state index contributed by atoms with van der Waals surface area (Å²) in [6.45, 7) is 5.42. The smallest absolute Gasteiger partial charge is 0.326 e. The number of rotatable bonds is 11. The Morgan fingerprint density at radius 3 is 2.17 bits per heavy atom. The molecule has 0 aliphatic heterocycles. The van der Waals surface area contributed by atoms with E-state index in [1.54, 1.807) is 19.1 Å². The van der Waals surface area contributed by atoms with Gasteiger partial charge in [-0.3, -0.25) is 9.59 Å². The Labute approximate surface area is 176 Å². The zero-order chi connectivity index (χ0) is 22.1. The summed E-state index contributed by atoms with van der Waals surface area (Å²) in [6, 6.07) is 3.74. The van der Waals surface area contributed by atoms with Crippen LogP contribution in [0.2, 0.25) is 0 Å². The zero-order valence-corrected chi connectivity index (χ0v) is 18.0. The molecule has 0 fully saturated rings. The van der Waals surface area contributed by atoms with Crippen molar-refractivity contribution >= 4 is 30.4 Å². The van der Waals surface area contributed by atoms with Crippen LogP contribution in [0.1, 0.15) is 32.8 Å². The molecule has 2 amide bonds. The molecular formula is C20H30N2O6S. The fraction of sp³-hybridized carbons (Fsp3) is 0.550. The maximum atomic E-state index is 12.8. The lowest BCUT2D eigenvalue weighted by atomic mass is 10.0. The van der Waals surface area contributed by atoms with Crippen LogP contribution in [0.15, 0.2) is 24.3 Å². The molecule has 162 valence electrons. The van der Waals surface area contributed by atoms with Crippen LogP contribution >= 0.6 is 12.6 Å². The number of phenolic OH excluding ortho intramolecular Hbond substituents is 1. The maximum absolute atomic E-state index is 12.8. The molecule has 9 heteroatoms. The second-order valence-corrected chi connectivity index (χ2v) is 7.58. The van der Waals surface area contributed by atoms with Crippen molar-refractivity contribution in [3.05, 3.63) is 29.8 Å². The number of carboxylic acids is 1. The lowest BCUT2D eigenvalue weighted by Crippen LogP contribution is -2.57. The molecule has 4 N–H and O–H groups in total. The van der Waals surface area contributed by atoms with Gasteiger partial charge in [-0.25, -0.2) is 4.79 Å². The first-order chi connectivity index (χ1) is 13.6. The predicted molar refractivity (Wildman–Crippen MR) is 112 cm³/mol. The fourth-order valence-electron chi connectivity index (χ4n) is 2.58. The highest BCUT2D eigenvalue weighted by Gasteiger charge is 2.32. The fourth-order valence-corrected chi connectivity index (χ4v) is 2.87. The number of amides is 2. The average Bonchev–Trinajstić information content (AvgIpc) is 2.70. The van der Waals surface area contributed by atoms with E-state index >= 15 is 0 Å². The van der Waals surface area contributed by atoms with E-state index in [9.17, 15) is 24.6 Å². The van der Waals surface area contributed by atoms with Gasteiger partial charge in [-0.1, -0.05) is 32.4 Å². The molecule has 0 saturated carbocycles. The average molecular weight is 427 g/mol. The first-order valence-electron chi connectivity index (χ1n) is 9.43. The van der Waals surface area contributed by atoms with Crippen LogP contribution in [-0.2, 0) is 25.5 Å². The summed E-state index contributed by atoms with van der Waals surface area (Å²) in [5.41, 5.74) is 0.628. The van der Waals surface area contributed by atoms with Gasteiger partial charge in [0.2, 0.25) is 11.8 Å². The number of aliphatic carboxylic acids is 1. The van der Waals surface area contributed by atoms with Crippen LogP contribution in [0, 0.1) is 5.92 Å². The highest BCUT2D eigenvalue weighted by atomic mass is 32.1. The Morgan fingerprint density at radius 2 is 1.69 bits per heavy atom. The molecule has 0 aromatic heterocycles. The number of hydrogen-bond donors (Lipinski definition) is 5. The summed E-state index contributed by atoms with van der Waals surface area (Å²) in [4.78, 5) is 36.9. The summed E-state index contributed by atoms with van der Waals surface area (Å²) < 4.78 is 5.20. The van der Waals surface area contributed by atoms with Gasteiger partial charge in [0.25, 0.3) is 0 Å². The Kier molecular flexibility index (Phi) is 9.97. The lowest BCUT2D eigenvalue weighted by Gasteiger charge is -2.27. The minimum absolute atomic E-state index is 0.00107. The largest absolute Gasteiger partial charge is 0.508 e. The van der Waals surface area contributed by atoms with E-state index in [1.807, 2.05) is 13.8 Å². The van der Waals surface area contributed by atoms with Crippen molar-refractivity contribution in [1.82, 2.24) is 10.6 Å². The number of methoxy groups -OCH3 is 1. The molecule has 0 radical (unpaired) electrons. The Morgan fingerprint density at radius 1 is 1.10 bits per heavy atom. The van der Waals surface area contributed by atoms with E-state index in [-0.39, 0.29) is 18.1 Å². The minimum atomic E-state index is -1.21. The second-order valence-electron chi connectivity index (χ2n) is 7.03. The normalized spacial score (nSPS) is 16.2. The van der Waals surface area contributed by atoms with E-state index in [4.69, 9.17) is 4.74 Å². The summed E-state index contributed by atoms with van der Waals surface area (Å²) in [6.07, 6.45) is 0.0804. The molecule has 0 saturated heterocycles. The van der Waals surface area contributed by atoms with Gasteiger partial charge in [0.15, 0.2) is 0 Å². The molecule has 1 aromatic carbocycles. The van der Waals surface area contributed by atoms with Gasteiger partial charge < -0.3 is 25.6 Å². The molecule has 1 aromatic rings. The number of thiol groups is 1. The van der Waals surface area contributed by atoms with Crippen LogP contribution < -0.4 is 10.6 Å². The zero-order valence-electron chi connectivity index (χ0n) is 17.1. The number of hydrogen-bond acceptors (Lipinski definition) is 6. The molecule has 0 aliphatic carbocycles. The lowest BCUT2D eigenvalue weighted by molar-refractivity contribution is -0.143. The van der Waals surface area contributed by atoms with E-state index in [0.29, 0.717) is 5.56 Å². The molecule has 0 aliphatic rings. The Hall–Kier alpha value is -2.26. The number of aromatic hydroxyl groups is 1. The van der Waals surface area contributed by atoms with Crippen molar-refractivity contribution in [2.75, 3.05) is 7.11 Å². The van der Waals surface area contributed by atoms with Crippen LogP contribution in [0.5, 0.6) is 5.75 Å². The molecule has 1 rings (SSSR count). The third-order valence-electron chi connectivity index (χ3n) is 4.86. The van der Waals surface area contributed by atoms with Gasteiger partial charge >= 0.3 is 5.97 Å². The number of carboxylic acid groups (broad SMARTS) is 1. The molecular weight excluding hydrogens is 396 g/mol. The van der Waals surface area contributed by atoms with Gasteiger partial charge in [-0.05, 0) is 30.5 Å². The highest BCUT2D eigenvalue weighted by Crippen LogP contribution is 2.15. The highest BCUT2D eigenvalue weighted by molar-refractivity contribution is 7.81. The quantitative estimate of drug-likeness (QED) is 0.340. The van der Waals surface area contributed by atoms with E-state index < -0.39 is 41.2 Å². The molecule has 29 heavy (non-hydrogen) atoms. The van der Waals surface area contributed by atoms with Crippen molar-refractivity contribution in [2.24, 2.45) is 5.92 Å². The molecule has 4 unspecified atom stereocenters. The summed E-state index contributed by atoms with van der Waals surface area (Å²) in [5, 5.41) is 23.3. The van der Waals surface area contributed by atoms with Crippen molar-refractivity contribution in [3.8, 4) is 5.75 Å². The third kappa shape index (κ3) is 7.58. The van der Waals surface area contributed by atoms with Crippen LogP contribution in [0.4, 0.5) is 0 Å². The van der Waals surface area contributed by atoms with Gasteiger partial charge in [0.1, 0.15) is 17.8 Å².